The molecule has 0 radical (unpaired) electrons. The first-order valence-electron chi connectivity index (χ1n) is 9.77. The maximum absolute atomic E-state index is 12.8. The molecule has 0 bridgehead atoms. The average Bonchev–Trinajstić information content (AvgIpc) is 2.96. The number of esters is 1. The Morgan fingerprint density at radius 1 is 1.03 bits per heavy atom. The van der Waals surface area contributed by atoms with Gasteiger partial charge in [-0.2, -0.15) is 0 Å². The second kappa shape index (κ2) is 9.70. The number of hydrogen-bond acceptors (Lipinski definition) is 5. The Labute approximate surface area is 185 Å². The normalized spacial score (nSPS) is 10.7. The Hall–Kier alpha value is -3.26. The van der Waals surface area contributed by atoms with Crippen molar-refractivity contribution in [1.82, 2.24) is 9.36 Å². The molecule has 0 aliphatic heterocycles. The SMILES string of the molecule is Cc1ccc(SCC(=O)OCC(=O)Nc2c(C)n(C)n(-c3ccccc3)c2=O)cc1C. The van der Waals surface area contributed by atoms with Gasteiger partial charge in [0.1, 0.15) is 5.69 Å². The highest BCUT2D eigenvalue weighted by Gasteiger charge is 2.18. The second-order valence-electron chi connectivity index (χ2n) is 7.18. The lowest BCUT2D eigenvalue weighted by Crippen LogP contribution is -2.26. The Kier molecular flexibility index (Phi) is 7.02. The number of para-hydroxylation sites is 1. The second-order valence-corrected chi connectivity index (χ2v) is 8.23. The predicted molar refractivity (Wildman–Crippen MR) is 122 cm³/mol. The molecule has 1 N–H and O–H groups in total. The number of ether oxygens (including phenoxy) is 1. The number of amides is 1. The van der Waals surface area contributed by atoms with Gasteiger partial charge in [-0.05, 0) is 56.2 Å². The van der Waals surface area contributed by atoms with E-state index in [2.05, 4.69) is 5.32 Å². The third-order valence-electron chi connectivity index (χ3n) is 5.02. The summed E-state index contributed by atoms with van der Waals surface area (Å²) in [6, 6.07) is 15.1. The number of aromatic nitrogens is 2. The highest BCUT2D eigenvalue weighted by Crippen LogP contribution is 2.21. The van der Waals surface area contributed by atoms with Gasteiger partial charge in [0, 0.05) is 11.9 Å². The molecule has 31 heavy (non-hydrogen) atoms. The smallest absolute Gasteiger partial charge is 0.316 e. The first-order valence-corrected chi connectivity index (χ1v) is 10.8. The van der Waals surface area contributed by atoms with Crippen molar-refractivity contribution in [2.75, 3.05) is 17.7 Å². The van der Waals surface area contributed by atoms with E-state index in [0.29, 0.717) is 11.4 Å². The molecule has 3 rings (SSSR count). The van der Waals surface area contributed by atoms with Crippen LogP contribution < -0.4 is 10.9 Å². The summed E-state index contributed by atoms with van der Waals surface area (Å²) in [6.07, 6.45) is 0. The minimum atomic E-state index is -0.560. The molecule has 0 fully saturated rings. The molecule has 8 heteroatoms. The van der Waals surface area contributed by atoms with E-state index in [-0.39, 0.29) is 17.0 Å². The fraction of sp³-hybridized carbons (Fsp3) is 0.261. The number of anilines is 1. The van der Waals surface area contributed by atoms with E-state index in [1.54, 1.807) is 30.8 Å². The lowest BCUT2D eigenvalue weighted by molar-refractivity contribution is -0.144. The van der Waals surface area contributed by atoms with Crippen LogP contribution in [0.5, 0.6) is 0 Å². The lowest BCUT2D eigenvalue weighted by Gasteiger charge is -2.07. The van der Waals surface area contributed by atoms with Gasteiger partial charge in [0.05, 0.1) is 17.1 Å². The molecular weight excluding hydrogens is 414 g/mol. The fourth-order valence-electron chi connectivity index (χ4n) is 3.02. The first kappa shape index (κ1) is 22.4. The summed E-state index contributed by atoms with van der Waals surface area (Å²) in [7, 11) is 1.74. The monoisotopic (exact) mass is 439 g/mol. The van der Waals surface area contributed by atoms with Crippen LogP contribution in [0.4, 0.5) is 5.69 Å². The molecule has 0 unspecified atom stereocenters. The molecular formula is C23H25N3O4S. The fourth-order valence-corrected chi connectivity index (χ4v) is 3.81. The molecule has 7 nitrogen and oxygen atoms in total. The van der Waals surface area contributed by atoms with Crippen molar-refractivity contribution in [2.24, 2.45) is 7.05 Å². The van der Waals surface area contributed by atoms with Gasteiger partial charge < -0.3 is 10.1 Å². The van der Waals surface area contributed by atoms with Gasteiger partial charge >= 0.3 is 5.97 Å². The molecule has 1 amide bonds. The zero-order chi connectivity index (χ0) is 22.5. The minimum absolute atomic E-state index is 0.0982. The van der Waals surface area contributed by atoms with Gasteiger partial charge in [0.25, 0.3) is 11.5 Å². The van der Waals surface area contributed by atoms with Gasteiger partial charge in [-0.3, -0.25) is 19.1 Å². The number of thioether (sulfide) groups is 1. The molecule has 1 aromatic heterocycles. The molecule has 0 aliphatic rings. The molecule has 0 aliphatic carbocycles. The number of hydrogen-bond donors (Lipinski definition) is 1. The summed E-state index contributed by atoms with van der Waals surface area (Å²) in [5.74, 6) is -0.957. The maximum atomic E-state index is 12.8. The van der Waals surface area contributed by atoms with Crippen LogP contribution in [0.1, 0.15) is 16.8 Å². The van der Waals surface area contributed by atoms with Crippen LogP contribution in [0, 0.1) is 20.8 Å². The zero-order valence-electron chi connectivity index (χ0n) is 18.0. The van der Waals surface area contributed by atoms with Crippen LogP contribution >= 0.6 is 11.8 Å². The first-order chi connectivity index (χ1) is 14.8. The maximum Gasteiger partial charge on any atom is 0.316 e. The standard InChI is InChI=1S/C23H25N3O4S/c1-15-10-11-19(12-16(15)2)31-14-21(28)30-13-20(27)24-22-17(3)25(4)26(23(22)29)18-8-6-5-7-9-18/h5-12H,13-14H2,1-4H3,(H,24,27). The van der Waals surface area contributed by atoms with Crippen molar-refractivity contribution in [3.8, 4) is 5.69 Å². The number of aryl methyl sites for hydroxylation is 2. The molecule has 2 aromatic carbocycles. The van der Waals surface area contributed by atoms with Crippen molar-refractivity contribution in [1.29, 1.82) is 0 Å². The van der Waals surface area contributed by atoms with E-state index in [1.165, 1.54) is 22.0 Å². The highest BCUT2D eigenvalue weighted by molar-refractivity contribution is 8.00. The van der Waals surface area contributed by atoms with Crippen LogP contribution in [-0.2, 0) is 21.4 Å². The number of rotatable bonds is 7. The molecule has 3 aromatic rings. The van der Waals surface area contributed by atoms with Crippen LogP contribution in [0.25, 0.3) is 5.69 Å². The van der Waals surface area contributed by atoms with Gasteiger partial charge in [-0.1, -0.05) is 24.3 Å². The van der Waals surface area contributed by atoms with E-state index in [4.69, 9.17) is 4.74 Å². The van der Waals surface area contributed by atoms with E-state index < -0.39 is 18.5 Å². The zero-order valence-corrected chi connectivity index (χ0v) is 18.8. The van der Waals surface area contributed by atoms with E-state index in [9.17, 15) is 14.4 Å². The van der Waals surface area contributed by atoms with Gasteiger partial charge in [-0.15, -0.1) is 11.8 Å². The highest BCUT2D eigenvalue weighted by atomic mass is 32.2. The summed E-state index contributed by atoms with van der Waals surface area (Å²) >= 11 is 1.35. The average molecular weight is 440 g/mol. The topological polar surface area (TPSA) is 82.3 Å². The Morgan fingerprint density at radius 2 is 1.74 bits per heavy atom. The Bertz CT molecular complexity index is 1170. The van der Waals surface area contributed by atoms with E-state index in [0.717, 1.165) is 10.5 Å². The summed E-state index contributed by atoms with van der Waals surface area (Å²) in [5.41, 5.74) is 3.43. The van der Waals surface area contributed by atoms with Crippen molar-refractivity contribution in [3.63, 3.8) is 0 Å². The van der Waals surface area contributed by atoms with Crippen molar-refractivity contribution < 1.29 is 14.3 Å². The number of carbonyl (C=O) groups is 2. The van der Waals surface area contributed by atoms with Crippen LogP contribution in [0.3, 0.4) is 0 Å². The molecule has 0 saturated carbocycles. The largest absolute Gasteiger partial charge is 0.455 e. The van der Waals surface area contributed by atoms with E-state index in [1.807, 2.05) is 50.2 Å². The van der Waals surface area contributed by atoms with Crippen molar-refractivity contribution in [2.45, 2.75) is 25.7 Å². The molecule has 162 valence electrons. The third kappa shape index (κ3) is 5.27. The Balaban J connectivity index is 1.58. The quantitative estimate of drug-likeness (QED) is 0.451. The summed E-state index contributed by atoms with van der Waals surface area (Å²) < 4.78 is 8.20. The Morgan fingerprint density at radius 3 is 2.42 bits per heavy atom. The van der Waals surface area contributed by atoms with Gasteiger partial charge in [0.15, 0.2) is 6.61 Å². The molecule has 1 heterocycles. The minimum Gasteiger partial charge on any atom is -0.455 e. The van der Waals surface area contributed by atoms with Crippen LogP contribution in [-0.4, -0.2) is 33.6 Å². The number of nitrogens with one attached hydrogen (secondary N) is 1. The van der Waals surface area contributed by atoms with Crippen LogP contribution in [0.15, 0.2) is 58.2 Å². The number of carbonyl (C=O) groups excluding carboxylic acids is 2. The van der Waals surface area contributed by atoms with Crippen molar-refractivity contribution in [3.05, 3.63) is 75.7 Å². The lowest BCUT2D eigenvalue weighted by atomic mass is 10.1. The van der Waals surface area contributed by atoms with Gasteiger partial charge in [0.2, 0.25) is 0 Å². The third-order valence-corrected chi connectivity index (χ3v) is 5.99. The summed E-state index contributed by atoms with van der Waals surface area (Å²) in [4.78, 5) is 38.1. The summed E-state index contributed by atoms with van der Waals surface area (Å²) in [5, 5.41) is 2.58. The molecule has 0 atom stereocenters. The van der Waals surface area contributed by atoms with E-state index >= 15 is 0 Å². The van der Waals surface area contributed by atoms with Gasteiger partial charge in [-0.25, -0.2) is 4.68 Å². The number of nitrogens with zero attached hydrogens (tertiary/aromatic N) is 2. The van der Waals surface area contributed by atoms with Crippen molar-refractivity contribution >= 4 is 29.3 Å². The van der Waals surface area contributed by atoms with Crippen LogP contribution in [0.2, 0.25) is 0 Å². The predicted octanol–water partition coefficient (Wildman–Crippen LogP) is 3.38. The molecule has 0 spiro atoms. The molecule has 0 saturated heterocycles. The number of benzene rings is 2. The summed E-state index contributed by atoms with van der Waals surface area (Å²) in [6.45, 7) is 5.33.